The lowest BCUT2D eigenvalue weighted by atomic mass is 10.0. The minimum atomic E-state index is -4.67. The molecule has 0 aromatic carbocycles. The zero-order valence-corrected chi connectivity index (χ0v) is 36.7. The Hall–Kier alpha value is -2.11. The maximum atomic E-state index is 12.7. The standard InChI is InChI=1S/C44H80NO10P/c1-6-8-10-12-14-15-16-17-18-19-20-21-22-26-30-34-43(48)52-38-40(39-54-56(50,51)53-37-36-45(3,4)5)55-44(49)35-31-27-23-25-29-33-42(47)41(46)32-28-24-13-11-9-7-2/h14-15,17-18,20-21,24,28,40-42,46-47H,6-13,16,19,22-23,25-27,29-39H2,1-5H3/b15-14-,18-17-,21-20-,28-24-/t40-,41+,42+/m1/s1. The van der Waals surface area contributed by atoms with Crippen molar-refractivity contribution in [1.29, 1.82) is 0 Å². The molecule has 2 N–H and O–H groups in total. The number of rotatable bonds is 38. The van der Waals surface area contributed by atoms with Gasteiger partial charge < -0.3 is 38.1 Å². The minimum absolute atomic E-state index is 0.0669. The Morgan fingerprint density at radius 1 is 0.643 bits per heavy atom. The molecule has 0 heterocycles. The van der Waals surface area contributed by atoms with Crippen molar-refractivity contribution in [2.24, 2.45) is 0 Å². The molecule has 56 heavy (non-hydrogen) atoms. The van der Waals surface area contributed by atoms with Gasteiger partial charge in [0.2, 0.25) is 0 Å². The highest BCUT2D eigenvalue weighted by Crippen LogP contribution is 2.38. The largest absolute Gasteiger partial charge is 0.756 e. The van der Waals surface area contributed by atoms with Gasteiger partial charge in [0.1, 0.15) is 19.8 Å². The van der Waals surface area contributed by atoms with E-state index >= 15 is 0 Å². The van der Waals surface area contributed by atoms with Crippen LogP contribution in [0.15, 0.2) is 48.6 Å². The van der Waals surface area contributed by atoms with Gasteiger partial charge in [-0.15, -0.1) is 0 Å². The van der Waals surface area contributed by atoms with Gasteiger partial charge in [-0.25, -0.2) is 0 Å². The molecule has 0 saturated carbocycles. The Morgan fingerprint density at radius 2 is 1.16 bits per heavy atom. The number of allylic oxidation sites excluding steroid dienone is 7. The second-order valence-corrected chi connectivity index (χ2v) is 17.1. The molecule has 0 aliphatic rings. The molecule has 0 bridgehead atoms. The number of aliphatic hydroxyl groups excluding tert-OH is 2. The quantitative estimate of drug-likeness (QED) is 0.0203. The Bertz CT molecular complexity index is 1130. The lowest BCUT2D eigenvalue weighted by molar-refractivity contribution is -0.870. The van der Waals surface area contributed by atoms with Crippen molar-refractivity contribution in [2.45, 2.75) is 173 Å². The highest BCUT2D eigenvalue weighted by molar-refractivity contribution is 7.45. The number of carbonyl (C=O) groups is 2. The van der Waals surface area contributed by atoms with E-state index in [1.54, 1.807) is 0 Å². The SMILES string of the molecule is CCCCC/C=C\C/C=C\C/C=C\CCCCC(=O)OC[C@H](COP(=O)([O-])OCC[N+](C)(C)C)OC(=O)CCCCCCC[C@H](O)[C@@H](O)C/C=C\CCCCC. The number of likely N-dealkylation sites (N-methyl/N-ethyl adjacent to an activating group) is 1. The molecule has 0 saturated heterocycles. The molecule has 0 radical (unpaired) electrons. The smallest absolute Gasteiger partial charge is 0.306 e. The molecule has 0 aromatic rings. The van der Waals surface area contributed by atoms with Gasteiger partial charge in [0, 0.05) is 12.8 Å². The molecule has 1 unspecified atom stereocenters. The summed E-state index contributed by atoms with van der Waals surface area (Å²) in [4.78, 5) is 37.5. The van der Waals surface area contributed by atoms with Gasteiger partial charge in [-0.2, -0.15) is 0 Å². The minimum Gasteiger partial charge on any atom is -0.756 e. The average molecular weight is 814 g/mol. The predicted molar refractivity (Wildman–Crippen MR) is 225 cm³/mol. The number of ether oxygens (including phenoxy) is 2. The van der Waals surface area contributed by atoms with E-state index < -0.39 is 44.7 Å². The molecule has 0 spiro atoms. The number of nitrogens with zero attached hydrogens (tertiary/aromatic N) is 1. The molecule has 4 atom stereocenters. The van der Waals surface area contributed by atoms with Gasteiger partial charge in [0.25, 0.3) is 7.82 Å². The van der Waals surface area contributed by atoms with Crippen molar-refractivity contribution in [1.82, 2.24) is 0 Å². The molecule has 0 amide bonds. The number of hydrogen-bond acceptors (Lipinski definition) is 10. The first-order valence-corrected chi connectivity index (χ1v) is 23.0. The summed E-state index contributed by atoms with van der Waals surface area (Å²) in [6.45, 7) is 3.89. The van der Waals surface area contributed by atoms with Crippen LogP contribution >= 0.6 is 7.82 Å². The van der Waals surface area contributed by atoms with Crippen molar-refractivity contribution in [3.8, 4) is 0 Å². The van der Waals surface area contributed by atoms with Crippen LogP contribution in [0.3, 0.4) is 0 Å². The van der Waals surface area contributed by atoms with E-state index in [2.05, 4.69) is 56.4 Å². The van der Waals surface area contributed by atoms with Crippen molar-refractivity contribution >= 4 is 19.8 Å². The Labute approximate surface area is 340 Å². The van der Waals surface area contributed by atoms with Gasteiger partial charge in [-0.1, -0.05) is 114 Å². The van der Waals surface area contributed by atoms with Crippen LogP contribution in [0.25, 0.3) is 0 Å². The number of carbonyl (C=O) groups excluding carboxylic acids is 2. The molecule has 0 aromatic heterocycles. The van der Waals surface area contributed by atoms with Gasteiger partial charge in [-0.05, 0) is 77.0 Å². The summed E-state index contributed by atoms with van der Waals surface area (Å²) in [7, 11) is 1.04. The van der Waals surface area contributed by atoms with Crippen LogP contribution in [0, 0.1) is 0 Å². The molecular formula is C44H80NO10P. The molecule has 0 aliphatic carbocycles. The molecule has 12 heteroatoms. The Balaban J connectivity index is 4.57. The average Bonchev–Trinajstić information content (AvgIpc) is 3.14. The number of aliphatic hydroxyl groups is 2. The van der Waals surface area contributed by atoms with E-state index in [-0.39, 0.29) is 26.1 Å². The fraction of sp³-hybridized carbons (Fsp3) is 0.773. The van der Waals surface area contributed by atoms with Gasteiger partial charge in [0.15, 0.2) is 6.10 Å². The fourth-order valence-corrected chi connectivity index (χ4v) is 6.18. The summed E-state index contributed by atoms with van der Waals surface area (Å²) < 4.78 is 33.7. The van der Waals surface area contributed by atoms with Crippen LogP contribution in [0.5, 0.6) is 0 Å². The molecule has 0 aliphatic heterocycles. The molecule has 0 rings (SSSR count). The Morgan fingerprint density at radius 3 is 1.77 bits per heavy atom. The van der Waals surface area contributed by atoms with Crippen molar-refractivity contribution in [3.05, 3.63) is 48.6 Å². The molecule has 0 fully saturated rings. The van der Waals surface area contributed by atoms with Gasteiger partial charge in [0.05, 0.1) is 40.0 Å². The van der Waals surface area contributed by atoms with Gasteiger partial charge in [-0.3, -0.25) is 14.2 Å². The van der Waals surface area contributed by atoms with Crippen molar-refractivity contribution in [2.75, 3.05) is 47.5 Å². The topological polar surface area (TPSA) is 152 Å². The van der Waals surface area contributed by atoms with Crippen LogP contribution in [0.2, 0.25) is 0 Å². The van der Waals surface area contributed by atoms with Crippen molar-refractivity contribution in [3.63, 3.8) is 0 Å². The van der Waals surface area contributed by atoms with Gasteiger partial charge >= 0.3 is 11.9 Å². The van der Waals surface area contributed by atoms with Crippen LogP contribution in [0.1, 0.15) is 155 Å². The van der Waals surface area contributed by atoms with E-state index in [0.29, 0.717) is 36.7 Å². The van der Waals surface area contributed by atoms with Crippen LogP contribution in [-0.2, 0) is 32.7 Å². The number of esters is 2. The summed E-state index contributed by atoms with van der Waals surface area (Å²) in [5.41, 5.74) is 0. The van der Waals surface area contributed by atoms with E-state index in [4.69, 9.17) is 18.5 Å². The maximum Gasteiger partial charge on any atom is 0.306 e. The number of phosphoric acid groups is 1. The highest BCUT2D eigenvalue weighted by atomic mass is 31.2. The fourth-order valence-electron chi connectivity index (χ4n) is 5.45. The first-order valence-electron chi connectivity index (χ1n) is 21.5. The summed E-state index contributed by atoms with van der Waals surface area (Å²) in [5.74, 6) is -0.996. The molecule has 11 nitrogen and oxygen atoms in total. The first kappa shape index (κ1) is 53.9. The Kier molecular flexibility index (Phi) is 34.6. The lowest BCUT2D eigenvalue weighted by Gasteiger charge is -2.28. The first-order chi connectivity index (χ1) is 26.8. The van der Waals surface area contributed by atoms with E-state index in [1.807, 2.05) is 27.2 Å². The normalized spacial score (nSPS) is 15.2. The summed E-state index contributed by atoms with van der Waals surface area (Å²) in [6, 6.07) is 0. The highest BCUT2D eigenvalue weighted by Gasteiger charge is 2.22. The zero-order valence-electron chi connectivity index (χ0n) is 35.8. The predicted octanol–water partition coefficient (Wildman–Crippen LogP) is 9.22. The van der Waals surface area contributed by atoms with Crippen LogP contribution in [0.4, 0.5) is 0 Å². The van der Waals surface area contributed by atoms with Crippen LogP contribution in [-0.4, -0.2) is 92.5 Å². The zero-order chi connectivity index (χ0) is 41.8. The van der Waals surface area contributed by atoms with Crippen molar-refractivity contribution < 1.29 is 52.3 Å². The molecule has 326 valence electrons. The van der Waals surface area contributed by atoms with E-state index in [1.165, 1.54) is 32.1 Å². The van der Waals surface area contributed by atoms with Crippen LogP contribution < -0.4 is 4.89 Å². The summed E-state index contributed by atoms with van der Waals surface area (Å²) in [6.07, 6.45) is 33.0. The molecular weight excluding hydrogens is 733 g/mol. The summed E-state index contributed by atoms with van der Waals surface area (Å²) in [5, 5.41) is 20.5. The number of hydrogen-bond donors (Lipinski definition) is 2. The maximum absolute atomic E-state index is 12.7. The third-order valence-corrected chi connectivity index (χ3v) is 9.99. The third kappa shape index (κ3) is 37.5. The van der Waals surface area contributed by atoms with E-state index in [9.17, 15) is 29.3 Å². The monoisotopic (exact) mass is 814 g/mol. The summed E-state index contributed by atoms with van der Waals surface area (Å²) >= 11 is 0. The number of unbranched alkanes of at least 4 members (excludes halogenated alkanes) is 12. The lowest BCUT2D eigenvalue weighted by Crippen LogP contribution is -2.37. The third-order valence-electron chi connectivity index (χ3n) is 9.02. The number of phosphoric ester groups is 1. The second-order valence-electron chi connectivity index (χ2n) is 15.7. The van der Waals surface area contributed by atoms with E-state index in [0.717, 1.165) is 70.6 Å². The number of quaternary nitrogens is 1. The second kappa shape index (κ2) is 36.0.